The summed E-state index contributed by atoms with van der Waals surface area (Å²) in [5.74, 6) is 0.997. The molecule has 2 heteroatoms. The number of unbranched alkanes of at least 4 members (excludes halogenated alkanes) is 2. The molecule has 2 rings (SSSR count). The summed E-state index contributed by atoms with van der Waals surface area (Å²) in [6.45, 7) is 3.20. The van der Waals surface area contributed by atoms with E-state index in [4.69, 9.17) is 0 Å². The molecule has 0 amide bonds. The molecule has 112 valence electrons. The second-order valence-electron chi connectivity index (χ2n) is 5.47. The maximum atomic E-state index is 4.29. The van der Waals surface area contributed by atoms with Gasteiger partial charge in [-0.3, -0.25) is 4.90 Å². The molecule has 0 spiro atoms. The first kappa shape index (κ1) is 16.1. The van der Waals surface area contributed by atoms with Crippen LogP contribution in [-0.2, 0) is 13.1 Å². The van der Waals surface area contributed by atoms with Gasteiger partial charge in [0, 0.05) is 13.1 Å². The largest absolute Gasteiger partial charge is 0.295 e. The van der Waals surface area contributed by atoms with E-state index in [2.05, 4.69) is 78.2 Å². The molecule has 0 aliphatic heterocycles. The van der Waals surface area contributed by atoms with E-state index in [0.29, 0.717) is 0 Å². The monoisotopic (exact) mass is 299 g/mol. The van der Waals surface area contributed by atoms with E-state index in [0.717, 1.165) is 25.4 Å². The molecule has 0 bridgehead atoms. The molecule has 0 heterocycles. The van der Waals surface area contributed by atoms with Gasteiger partial charge in [0.05, 0.1) is 0 Å². The normalized spacial score (nSPS) is 11.0. The smallest absolute Gasteiger partial charge is 0.0237 e. The first-order valence-electron chi connectivity index (χ1n) is 7.79. The highest BCUT2D eigenvalue weighted by molar-refractivity contribution is 7.80. The minimum atomic E-state index is 0.997. The van der Waals surface area contributed by atoms with Crippen molar-refractivity contribution in [3.8, 4) is 0 Å². The van der Waals surface area contributed by atoms with Gasteiger partial charge in [-0.25, -0.2) is 0 Å². The van der Waals surface area contributed by atoms with Gasteiger partial charge in [-0.2, -0.15) is 12.6 Å². The number of hydrogen-bond acceptors (Lipinski definition) is 2. The lowest BCUT2D eigenvalue weighted by Gasteiger charge is -2.22. The van der Waals surface area contributed by atoms with Gasteiger partial charge in [0.15, 0.2) is 0 Å². The number of rotatable bonds is 9. The van der Waals surface area contributed by atoms with Crippen LogP contribution in [0.4, 0.5) is 0 Å². The van der Waals surface area contributed by atoms with Crippen LogP contribution in [0.25, 0.3) is 0 Å². The summed E-state index contributed by atoms with van der Waals surface area (Å²) in [4.78, 5) is 2.54. The van der Waals surface area contributed by atoms with Crippen molar-refractivity contribution in [2.75, 3.05) is 12.3 Å². The molecule has 0 unspecified atom stereocenters. The van der Waals surface area contributed by atoms with E-state index < -0.39 is 0 Å². The number of hydrogen-bond donors (Lipinski definition) is 1. The topological polar surface area (TPSA) is 3.24 Å². The Morgan fingerprint density at radius 2 is 1.19 bits per heavy atom. The van der Waals surface area contributed by atoms with E-state index >= 15 is 0 Å². The van der Waals surface area contributed by atoms with E-state index in [9.17, 15) is 0 Å². The van der Waals surface area contributed by atoms with Gasteiger partial charge in [0.2, 0.25) is 0 Å². The molecular weight excluding hydrogens is 274 g/mol. The average Bonchev–Trinajstić information content (AvgIpc) is 2.53. The summed E-state index contributed by atoms with van der Waals surface area (Å²) in [5.41, 5.74) is 2.78. The minimum Gasteiger partial charge on any atom is -0.295 e. The van der Waals surface area contributed by atoms with Crippen molar-refractivity contribution in [2.45, 2.75) is 32.4 Å². The molecule has 0 aliphatic carbocycles. The van der Waals surface area contributed by atoms with Crippen molar-refractivity contribution >= 4 is 12.6 Å². The summed E-state index contributed by atoms with van der Waals surface area (Å²) >= 11 is 4.29. The van der Waals surface area contributed by atoms with Crippen LogP contribution in [0.1, 0.15) is 30.4 Å². The third-order valence-corrected chi connectivity index (χ3v) is 3.95. The van der Waals surface area contributed by atoms with Crippen LogP contribution in [-0.4, -0.2) is 17.2 Å². The van der Waals surface area contributed by atoms with Crippen LogP contribution >= 0.6 is 12.6 Å². The number of nitrogens with zero attached hydrogens (tertiary/aromatic N) is 1. The summed E-state index contributed by atoms with van der Waals surface area (Å²) in [6.07, 6.45) is 3.73. The van der Waals surface area contributed by atoms with Crippen molar-refractivity contribution in [1.29, 1.82) is 0 Å². The molecule has 0 fully saturated rings. The predicted octanol–water partition coefficient (Wildman–Crippen LogP) is 4.79. The summed E-state index contributed by atoms with van der Waals surface area (Å²) in [6, 6.07) is 21.5. The van der Waals surface area contributed by atoms with Gasteiger partial charge in [-0.1, -0.05) is 67.1 Å². The van der Waals surface area contributed by atoms with Crippen LogP contribution in [0.15, 0.2) is 60.7 Å². The van der Waals surface area contributed by atoms with Crippen molar-refractivity contribution in [3.63, 3.8) is 0 Å². The summed E-state index contributed by atoms with van der Waals surface area (Å²) < 4.78 is 0. The molecule has 0 saturated heterocycles. The first-order valence-corrected chi connectivity index (χ1v) is 8.43. The standard InChI is InChI=1S/C19H25NS/c21-15-9-3-8-14-20(16-18-10-4-1-5-11-18)17-19-12-6-2-7-13-19/h1-2,4-7,10-13,21H,3,8-9,14-17H2. The van der Waals surface area contributed by atoms with Crippen LogP contribution in [0, 0.1) is 0 Å². The van der Waals surface area contributed by atoms with Gasteiger partial charge in [0.25, 0.3) is 0 Å². The van der Waals surface area contributed by atoms with Gasteiger partial charge in [-0.05, 0) is 36.3 Å². The van der Waals surface area contributed by atoms with Crippen molar-refractivity contribution < 1.29 is 0 Å². The molecule has 2 aromatic rings. The Morgan fingerprint density at radius 3 is 1.67 bits per heavy atom. The zero-order valence-electron chi connectivity index (χ0n) is 12.6. The SMILES string of the molecule is SCCCCCN(Cc1ccccc1)Cc1ccccc1. The Bertz CT molecular complexity index is 442. The van der Waals surface area contributed by atoms with Crippen molar-refractivity contribution in [3.05, 3.63) is 71.8 Å². The lowest BCUT2D eigenvalue weighted by atomic mass is 10.1. The quantitative estimate of drug-likeness (QED) is 0.515. The third kappa shape index (κ3) is 6.36. The van der Waals surface area contributed by atoms with Crippen LogP contribution in [0.3, 0.4) is 0 Å². The fourth-order valence-electron chi connectivity index (χ4n) is 2.52. The Hall–Kier alpha value is -1.25. The highest BCUT2D eigenvalue weighted by Crippen LogP contribution is 2.11. The predicted molar refractivity (Wildman–Crippen MR) is 94.7 cm³/mol. The van der Waals surface area contributed by atoms with Crippen LogP contribution in [0.5, 0.6) is 0 Å². The third-order valence-electron chi connectivity index (χ3n) is 3.63. The Balaban J connectivity index is 1.93. The second-order valence-corrected chi connectivity index (χ2v) is 5.91. The molecule has 0 radical (unpaired) electrons. The van der Waals surface area contributed by atoms with Gasteiger partial charge in [0.1, 0.15) is 0 Å². The highest BCUT2D eigenvalue weighted by Gasteiger charge is 2.06. The van der Waals surface area contributed by atoms with Gasteiger partial charge in [-0.15, -0.1) is 0 Å². The van der Waals surface area contributed by atoms with Gasteiger partial charge < -0.3 is 0 Å². The molecule has 0 aliphatic rings. The molecule has 0 saturated carbocycles. The average molecular weight is 299 g/mol. The van der Waals surface area contributed by atoms with Crippen molar-refractivity contribution in [1.82, 2.24) is 4.90 Å². The molecule has 0 atom stereocenters. The summed E-state index contributed by atoms with van der Waals surface area (Å²) in [7, 11) is 0. The maximum absolute atomic E-state index is 4.29. The molecule has 2 aromatic carbocycles. The molecular formula is C19H25NS. The Morgan fingerprint density at radius 1 is 0.667 bits per heavy atom. The highest BCUT2D eigenvalue weighted by atomic mass is 32.1. The Kier molecular flexibility index (Phi) is 7.41. The van der Waals surface area contributed by atoms with Crippen LogP contribution < -0.4 is 0 Å². The first-order chi connectivity index (χ1) is 10.4. The van der Waals surface area contributed by atoms with E-state index in [1.807, 2.05) is 0 Å². The zero-order chi connectivity index (χ0) is 14.8. The second kappa shape index (κ2) is 9.64. The summed E-state index contributed by atoms with van der Waals surface area (Å²) in [5, 5.41) is 0. The van der Waals surface area contributed by atoms with Gasteiger partial charge >= 0.3 is 0 Å². The minimum absolute atomic E-state index is 0.997. The van der Waals surface area contributed by atoms with E-state index in [1.165, 1.54) is 30.4 Å². The zero-order valence-corrected chi connectivity index (χ0v) is 13.5. The number of benzene rings is 2. The lowest BCUT2D eigenvalue weighted by Crippen LogP contribution is -2.24. The maximum Gasteiger partial charge on any atom is 0.0237 e. The lowest BCUT2D eigenvalue weighted by molar-refractivity contribution is 0.251. The Labute approximate surface area is 134 Å². The van der Waals surface area contributed by atoms with E-state index in [-0.39, 0.29) is 0 Å². The molecule has 21 heavy (non-hydrogen) atoms. The molecule has 0 aromatic heterocycles. The molecule has 0 N–H and O–H groups in total. The molecule has 1 nitrogen and oxygen atoms in total. The fourth-order valence-corrected chi connectivity index (χ4v) is 2.74. The number of thiol groups is 1. The fraction of sp³-hybridized carbons (Fsp3) is 0.368. The van der Waals surface area contributed by atoms with Crippen LogP contribution in [0.2, 0.25) is 0 Å². The van der Waals surface area contributed by atoms with E-state index in [1.54, 1.807) is 0 Å². The van der Waals surface area contributed by atoms with Crippen molar-refractivity contribution in [2.24, 2.45) is 0 Å².